The standard InChI is InChI=1S/C19H20N2O2S/c1-4-23-18-8-7-14(10-16(18)13(2)3)17-12-24-19(20-17)21-9-5-6-15(21)11-22/h5-13H,4H2,1-3H3. The molecule has 4 nitrogen and oxygen atoms in total. The zero-order valence-electron chi connectivity index (χ0n) is 14.0. The number of aldehydes is 1. The summed E-state index contributed by atoms with van der Waals surface area (Å²) in [5.74, 6) is 1.30. The zero-order chi connectivity index (χ0) is 17.1. The summed E-state index contributed by atoms with van der Waals surface area (Å²) in [5.41, 5.74) is 3.75. The molecule has 0 aliphatic heterocycles. The van der Waals surface area contributed by atoms with Crippen molar-refractivity contribution in [1.29, 1.82) is 0 Å². The Labute approximate surface area is 145 Å². The molecule has 0 unspecified atom stereocenters. The highest BCUT2D eigenvalue weighted by Gasteiger charge is 2.13. The van der Waals surface area contributed by atoms with Crippen LogP contribution in [0.2, 0.25) is 0 Å². The maximum atomic E-state index is 11.1. The van der Waals surface area contributed by atoms with E-state index in [9.17, 15) is 4.79 Å². The lowest BCUT2D eigenvalue weighted by atomic mass is 9.98. The molecule has 0 fully saturated rings. The first-order valence-corrected chi connectivity index (χ1v) is 8.87. The minimum Gasteiger partial charge on any atom is -0.494 e. The van der Waals surface area contributed by atoms with Gasteiger partial charge in [0.05, 0.1) is 18.0 Å². The molecule has 0 saturated heterocycles. The van der Waals surface area contributed by atoms with Gasteiger partial charge in [0.1, 0.15) is 5.75 Å². The van der Waals surface area contributed by atoms with Crippen molar-refractivity contribution in [3.63, 3.8) is 0 Å². The number of rotatable bonds is 6. The summed E-state index contributed by atoms with van der Waals surface area (Å²) in [6, 6.07) is 9.82. The van der Waals surface area contributed by atoms with Gasteiger partial charge in [-0.05, 0) is 48.7 Å². The average molecular weight is 340 g/mol. The van der Waals surface area contributed by atoms with E-state index in [1.165, 1.54) is 16.9 Å². The van der Waals surface area contributed by atoms with Crippen molar-refractivity contribution in [2.75, 3.05) is 6.61 Å². The minimum absolute atomic E-state index is 0.371. The lowest BCUT2D eigenvalue weighted by molar-refractivity contribution is 0.111. The average Bonchev–Trinajstić information content (AvgIpc) is 3.24. The number of ether oxygens (including phenoxy) is 1. The van der Waals surface area contributed by atoms with Gasteiger partial charge in [0.15, 0.2) is 11.4 Å². The molecule has 3 rings (SSSR count). The molecule has 0 atom stereocenters. The lowest BCUT2D eigenvalue weighted by Gasteiger charge is -2.14. The molecule has 5 heteroatoms. The maximum absolute atomic E-state index is 11.1. The van der Waals surface area contributed by atoms with Gasteiger partial charge in [0.25, 0.3) is 0 Å². The van der Waals surface area contributed by atoms with Gasteiger partial charge >= 0.3 is 0 Å². The fraction of sp³-hybridized carbons (Fsp3) is 0.263. The van der Waals surface area contributed by atoms with Crippen LogP contribution < -0.4 is 4.74 Å². The van der Waals surface area contributed by atoms with Crippen LogP contribution in [0.5, 0.6) is 5.75 Å². The van der Waals surface area contributed by atoms with E-state index in [4.69, 9.17) is 4.74 Å². The Morgan fingerprint density at radius 2 is 2.17 bits per heavy atom. The van der Waals surface area contributed by atoms with Gasteiger partial charge in [0, 0.05) is 17.1 Å². The number of carbonyl (C=O) groups is 1. The third-order valence-electron chi connectivity index (χ3n) is 3.83. The van der Waals surface area contributed by atoms with Gasteiger partial charge in [-0.3, -0.25) is 9.36 Å². The van der Waals surface area contributed by atoms with Crippen LogP contribution in [-0.4, -0.2) is 22.4 Å². The van der Waals surface area contributed by atoms with Gasteiger partial charge in [-0.2, -0.15) is 0 Å². The van der Waals surface area contributed by atoms with Crippen LogP contribution in [0.25, 0.3) is 16.4 Å². The number of benzene rings is 1. The number of carbonyl (C=O) groups excluding carboxylic acids is 1. The molecule has 0 spiro atoms. The molecule has 0 radical (unpaired) electrons. The number of thiazole rings is 1. The molecule has 0 N–H and O–H groups in total. The van der Waals surface area contributed by atoms with Crippen LogP contribution in [0.15, 0.2) is 41.9 Å². The Hall–Kier alpha value is -2.40. The Bertz CT molecular complexity index is 849. The van der Waals surface area contributed by atoms with E-state index < -0.39 is 0 Å². The first-order chi connectivity index (χ1) is 11.6. The topological polar surface area (TPSA) is 44.1 Å². The Morgan fingerprint density at radius 1 is 1.33 bits per heavy atom. The highest BCUT2D eigenvalue weighted by molar-refractivity contribution is 7.12. The predicted molar refractivity (Wildman–Crippen MR) is 97.5 cm³/mol. The van der Waals surface area contributed by atoms with Crippen LogP contribution in [0.3, 0.4) is 0 Å². The van der Waals surface area contributed by atoms with E-state index in [-0.39, 0.29) is 0 Å². The zero-order valence-corrected chi connectivity index (χ0v) is 14.8. The second-order valence-electron chi connectivity index (χ2n) is 5.78. The van der Waals surface area contributed by atoms with Crippen LogP contribution in [0, 0.1) is 0 Å². The van der Waals surface area contributed by atoms with Crippen LogP contribution in [-0.2, 0) is 0 Å². The predicted octanol–water partition coefficient (Wildman–Crippen LogP) is 4.94. The molecule has 124 valence electrons. The maximum Gasteiger partial charge on any atom is 0.194 e. The van der Waals surface area contributed by atoms with Crippen molar-refractivity contribution < 1.29 is 9.53 Å². The van der Waals surface area contributed by atoms with Crippen molar-refractivity contribution in [3.8, 4) is 22.1 Å². The molecule has 2 aromatic heterocycles. The molecule has 24 heavy (non-hydrogen) atoms. The summed E-state index contributed by atoms with van der Waals surface area (Å²) in [7, 11) is 0. The summed E-state index contributed by atoms with van der Waals surface area (Å²) >= 11 is 1.52. The van der Waals surface area contributed by atoms with Crippen molar-refractivity contribution in [2.24, 2.45) is 0 Å². The summed E-state index contributed by atoms with van der Waals surface area (Å²) in [4.78, 5) is 15.8. The molecule has 0 bridgehead atoms. The van der Waals surface area contributed by atoms with Gasteiger partial charge in [-0.25, -0.2) is 4.98 Å². The fourth-order valence-electron chi connectivity index (χ4n) is 2.62. The minimum atomic E-state index is 0.371. The van der Waals surface area contributed by atoms with E-state index in [1.807, 2.05) is 36.7 Å². The molecule has 1 aromatic carbocycles. The molecule has 2 heterocycles. The highest BCUT2D eigenvalue weighted by Crippen LogP contribution is 2.32. The number of hydrogen-bond donors (Lipinski definition) is 0. The first-order valence-electron chi connectivity index (χ1n) is 7.99. The van der Waals surface area contributed by atoms with Gasteiger partial charge in [0.2, 0.25) is 0 Å². The van der Waals surface area contributed by atoms with Crippen molar-refractivity contribution >= 4 is 17.6 Å². The monoisotopic (exact) mass is 340 g/mol. The van der Waals surface area contributed by atoms with Crippen molar-refractivity contribution in [2.45, 2.75) is 26.7 Å². The molecule has 0 aliphatic rings. The second-order valence-corrected chi connectivity index (χ2v) is 6.61. The molecular formula is C19H20N2O2S. The van der Waals surface area contributed by atoms with Gasteiger partial charge < -0.3 is 4.74 Å². The summed E-state index contributed by atoms with van der Waals surface area (Å²) in [5, 5.41) is 2.81. The van der Waals surface area contributed by atoms with E-state index >= 15 is 0 Å². The quantitative estimate of drug-likeness (QED) is 0.597. The Kier molecular flexibility index (Phi) is 4.81. The van der Waals surface area contributed by atoms with Crippen LogP contribution in [0.1, 0.15) is 42.7 Å². The van der Waals surface area contributed by atoms with Gasteiger partial charge in [-0.1, -0.05) is 13.8 Å². The van der Waals surface area contributed by atoms with Gasteiger partial charge in [-0.15, -0.1) is 11.3 Å². The fourth-order valence-corrected chi connectivity index (χ4v) is 3.45. The Balaban J connectivity index is 1.98. The number of nitrogens with zero attached hydrogens (tertiary/aromatic N) is 2. The summed E-state index contributed by atoms with van der Waals surface area (Å²) in [6.45, 7) is 6.96. The Morgan fingerprint density at radius 3 is 2.88 bits per heavy atom. The van der Waals surface area contributed by atoms with Crippen molar-refractivity contribution in [1.82, 2.24) is 9.55 Å². The number of aromatic nitrogens is 2. The van der Waals surface area contributed by atoms with E-state index in [0.717, 1.165) is 28.4 Å². The first kappa shape index (κ1) is 16.5. The lowest BCUT2D eigenvalue weighted by Crippen LogP contribution is -1.99. The van der Waals surface area contributed by atoms with E-state index in [0.29, 0.717) is 18.2 Å². The molecule has 0 saturated carbocycles. The summed E-state index contributed by atoms with van der Waals surface area (Å²) < 4.78 is 7.53. The molecule has 0 aliphatic carbocycles. The second kappa shape index (κ2) is 7.01. The number of hydrogen-bond acceptors (Lipinski definition) is 4. The molecule has 0 amide bonds. The third-order valence-corrected chi connectivity index (χ3v) is 4.67. The molecule has 3 aromatic rings. The SMILES string of the molecule is CCOc1ccc(-c2csc(-n3cccc3C=O)n2)cc1C(C)C. The largest absolute Gasteiger partial charge is 0.494 e. The normalized spacial score (nSPS) is 11.0. The van der Waals surface area contributed by atoms with Crippen LogP contribution in [0.4, 0.5) is 0 Å². The highest BCUT2D eigenvalue weighted by atomic mass is 32.1. The van der Waals surface area contributed by atoms with Crippen LogP contribution >= 0.6 is 11.3 Å². The van der Waals surface area contributed by atoms with Crippen molar-refractivity contribution in [3.05, 3.63) is 53.2 Å². The summed E-state index contributed by atoms with van der Waals surface area (Å²) in [6.07, 6.45) is 2.69. The van der Waals surface area contributed by atoms with E-state index in [1.54, 1.807) is 10.6 Å². The van der Waals surface area contributed by atoms with E-state index in [2.05, 4.69) is 24.9 Å². The molecular weight excluding hydrogens is 320 g/mol. The third kappa shape index (κ3) is 3.12. The smallest absolute Gasteiger partial charge is 0.194 e.